The van der Waals surface area contributed by atoms with E-state index in [1.54, 1.807) is 30.3 Å². The van der Waals surface area contributed by atoms with Crippen LogP contribution in [0.4, 0.5) is 10.8 Å². The van der Waals surface area contributed by atoms with Crippen LogP contribution < -0.4 is 20.7 Å². The van der Waals surface area contributed by atoms with Crippen molar-refractivity contribution in [2.75, 3.05) is 24.3 Å². The number of aliphatic imine (C=N–C) groups is 1. The number of halogens is 1. The third-order valence-electron chi connectivity index (χ3n) is 8.15. The summed E-state index contributed by atoms with van der Waals surface area (Å²) in [6.45, 7) is 4.90. The van der Waals surface area contributed by atoms with Gasteiger partial charge in [-0.15, -0.1) is 11.3 Å². The fraction of sp³-hybridized carbons (Fsp3) is 0.273. The average molecular weight is 614 g/mol. The van der Waals surface area contributed by atoms with Crippen LogP contribution in [-0.4, -0.2) is 36.3 Å². The Morgan fingerprint density at radius 1 is 1.12 bits per heavy atom. The molecule has 2 aliphatic heterocycles. The maximum Gasteiger partial charge on any atom is 0.255 e. The molecule has 4 aromatic rings. The molecule has 220 valence electrons. The number of anilines is 2. The second kappa shape index (κ2) is 11.8. The number of hydrogen-bond acceptors (Lipinski definition) is 6. The summed E-state index contributed by atoms with van der Waals surface area (Å²) in [5, 5.41) is 12.4. The first kappa shape index (κ1) is 28.9. The fourth-order valence-electron chi connectivity index (χ4n) is 5.90. The van der Waals surface area contributed by atoms with Crippen molar-refractivity contribution < 1.29 is 14.3 Å². The molecule has 2 unspecified atom stereocenters. The van der Waals surface area contributed by atoms with Gasteiger partial charge in [-0.1, -0.05) is 54.9 Å². The number of nitrogens with zero attached hydrogens (tertiary/aromatic N) is 2. The maximum absolute atomic E-state index is 13.8. The van der Waals surface area contributed by atoms with E-state index in [0.29, 0.717) is 39.3 Å². The number of amidine groups is 1. The van der Waals surface area contributed by atoms with Crippen molar-refractivity contribution in [3.8, 4) is 17.0 Å². The van der Waals surface area contributed by atoms with E-state index < -0.39 is 5.41 Å². The Morgan fingerprint density at radius 2 is 1.93 bits per heavy atom. The molecule has 3 heterocycles. The second-order valence-electron chi connectivity index (χ2n) is 11.0. The standard InChI is InChI=1S/C33H32ClN5O3S/c1-4-14-35-29-24-17-33(2,28(38-29)23-11-6-5-10-22(23)24)31(41)39-32-37-26(18-43-32)19-8-7-9-20(15-19)30(40)36-21-12-13-27(42-3)25(34)16-21/h5-13,15-16,18,24,28H,4,14,17H2,1-3H3,(H,35,38)(H,36,40)(H,37,39,41)/t24-,28?,33?/m0/s1. The van der Waals surface area contributed by atoms with Gasteiger partial charge in [-0.25, -0.2) is 4.98 Å². The molecule has 0 spiro atoms. The number of amides is 2. The molecule has 1 saturated heterocycles. The van der Waals surface area contributed by atoms with Crippen molar-refractivity contribution in [2.45, 2.75) is 38.6 Å². The summed E-state index contributed by atoms with van der Waals surface area (Å²) in [6, 6.07) is 20.4. The highest BCUT2D eigenvalue weighted by molar-refractivity contribution is 7.14. The number of thiazole rings is 1. The number of piperidine rings is 1. The molecule has 1 aromatic heterocycles. The van der Waals surface area contributed by atoms with Gasteiger partial charge in [0.25, 0.3) is 5.91 Å². The lowest BCUT2D eigenvalue weighted by molar-refractivity contribution is -0.127. The summed E-state index contributed by atoms with van der Waals surface area (Å²) in [5.74, 6) is 1.21. The van der Waals surface area contributed by atoms with E-state index in [-0.39, 0.29) is 23.8 Å². The molecule has 3 N–H and O–H groups in total. The van der Waals surface area contributed by atoms with Gasteiger partial charge in [0.1, 0.15) is 11.6 Å². The highest BCUT2D eigenvalue weighted by atomic mass is 35.5. The van der Waals surface area contributed by atoms with Crippen LogP contribution in [0, 0.1) is 5.41 Å². The molecule has 0 radical (unpaired) electrons. The molecule has 3 aromatic carbocycles. The first-order valence-electron chi connectivity index (χ1n) is 14.2. The van der Waals surface area contributed by atoms with Crippen molar-refractivity contribution >= 4 is 51.4 Å². The van der Waals surface area contributed by atoms with E-state index in [4.69, 9.17) is 26.3 Å². The molecule has 10 heteroatoms. The van der Waals surface area contributed by atoms with E-state index in [0.717, 1.165) is 29.9 Å². The lowest BCUT2D eigenvalue weighted by atomic mass is 9.61. The van der Waals surface area contributed by atoms with Crippen LogP contribution in [0.25, 0.3) is 11.3 Å². The number of nitrogens with one attached hydrogen (secondary N) is 3. The largest absolute Gasteiger partial charge is 0.495 e. The summed E-state index contributed by atoms with van der Waals surface area (Å²) in [5.41, 5.74) is 4.20. The summed E-state index contributed by atoms with van der Waals surface area (Å²) < 4.78 is 5.18. The number of aromatic nitrogens is 1. The predicted molar refractivity (Wildman–Crippen MR) is 173 cm³/mol. The summed E-state index contributed by atoms with van der Waals surface area (Å²) in [6.07, 6.45) is 1.64. The molecule has 2 amide bonds. The normalized spacial score (nSPS) is 21.2. The molecular formula is C33H32ClN5O3S. The molecule has 43 heavy (non-hydrogen) atoms. The van der Waals surface area contributed by atoms with E-state index >= 15 is 0 Å². The van der Waals surface area contributed by atoms with Gasteiger partial charge in [0.2, 0.25) is 5.91 Å². The molecule has 0 saturated carbocycles. The first-order valence-corrected chi connectivity index (χ1v) is 15.5. The number of benzene rings is 3. The van der Waals surface area contributed by atoms with E-state index in [9.17, 15) is 9.59 Å². The average Bonchev–Trinajstić information content (AvgIpc) is 3.49. The lowest BCUT2D eigenvalue weighted by Crippen LogP contribution is -2.57. The Bertz CT molecular complexity index is 1740. The van der Waals surface area contributed by atoms with Crippen LogP contribution in [0.3, 0.4) is 0 Å². The monoisotopic (exact) mass is 613 g/mol. The van der Waals surface area contributed by atoms with Crippen LogP contribution in [0.5, 0.6) is 5.75 Å². The summed E-state index contributed by atoms with van der Waals surface area (Å²) in [4.78, 5) is 36.3. The van der Waals surface area contributed by atoms with E-state index in [2.05, 4.69) is 41.1 Å². The quantitative estimate of drug-likeness (QED) is 0.193. The van der Waals surface area contributed by atoms with Crippen molar-refractivity contribution in [1.29, 1.82) is 0 Å². The second-order valence-corrected chi connectivity index (χ2v) is 12.3. The Labute approximate surface area is 259 Å². The Kier molecular flexibility index (Phi) is 7.94. The summed E-state index contributed by atoms with van der Waals surface area (Å²) in [7, 11) is 1.54. The van der Waals surface area contributed by atoms with Gasteiger partial charge in [-0.3, -0.25) is 14.6 Å². The van der Waals surface area contributed by atoms with Gasteiger partial charge in [0, 0.05) is 34.7 Å². The van der Waals surface area contributed by atoms with Gasteiger partial charge in [-0.05, 0) is 61.2 Å². The zero-order chi connectivity index (χ0) is 30.1. The van der Waals surface area contributed by atoms with Crippen LogP contribution in [-0.2, 0) is 4.79 Å². The van der Waals surface area contributed by atoms with Crippen LogP contribution in [0.1, 0.15) is 60.1 Å². The number of fused-ring (bicyclic) bond motifs is 2. The third-order valence-corrected chi connectivity index (χ3v) is 9.20. The van der Waals surface area contributed by atoms with Crippen molar-refractivity contribution in [3.63, 3.8) is 0 Å². The number of carbonyl (C=O) groups is 2. The highest BCUT2D eigenvalue weighted by Gasteiger charge is 2.54. The number of methoxy groups -OCH3 is 1. The molecule has 7 rings (SSSR count). The fourth-order valence-corrected chi connectivity index (χ4v) is 6.87. The number of carbonyl (C=O) groups excluding carboxylic acids is 2. The zero-order valence-electron chi connectivity index (χ0n) is 24.1. The Balaban J connectivity index is 1.18. The van der Waals surface area contributed by atoms with E-state index in [1.165, 1.54) is 24.0 Å². The number of hydrogen-bond donors (Lipinski definition) is 3. The van der Waals surface area contributed by atoms with Crippen LogP contribution in [0.2, 0.25) is 5.02 Å². The van der Waals surface area contributed by atoms with E-state index in [1.807, 2.05) is 30.5 Å². The first-order chi connectivity index (χ1) is 20.8. The number of ether oxygens (including phenoxy) is 1. The molecule has 3 atom stereocenters. The zero-order valence-corrected chi connectivity index (χ0v) is 25.7. The van der Waals surface area contributed by atoms with Crippen molar-refractivity contribution in [1.82, 2.24) is 10.3 Å². The van der Waals surface area contributed by atoms with Gasteiger partial charge < -0.3 is 20.7 Å². The minimum Gasteiger partial charge on any atom is -0.495 e. The predicted octanol–water partition coefficient (Wildman–Crippen LogP) is 7.31. The molecule has 8 nitrogen and oxygen atoms in total. The smallest absolute Gasteiger partial charge is 0.255 e. The van der Waals surface area contributed by atoms with Gasteiger partial charge in [0.15, 0.2) is 5.13 Å². The number of rotatable bonds is 8. The Hall–Kier alpha value is -4.21. The molecule has 1 aliphatic carbocycles. The summed E-state index contributed by atoms with van der Waals surface area (Å²) >= 11 is 7.56. The minimum atomic E-state index is -0.682. The topological polar surface area (TPSA) is 105 Å². The molecular weight excluding hydrogens is 582 g/mol. The lowest BCUT2D eigenvalue weighted by Gasteiger charge is -2.50. The third kappa shape index (κ3) is 5.50. The molecule has 2 bridgehead atoms. The van der Waals surface area contributed by atoms with Crippen molar-refractivity contribution in [3.05, 3.63) is 93.8 Å². The molecule has 3 aliphatic rings. The maximum atomic E-state index is 13.8. The Morgan fingerprint density at radius 3 is 2.70 bits per heavy atom. The molecule has 1 fully saturated rings. The van der Waals surface area contributed by atoms with Crippen molar-refractivity contribution in [2.24, 2.45) is 10.4 Å². The van der Waals surface area contributed by atoms with Gasteiger partial charge >= 0.3 is 0 Å². The SMILES string of the molecule is CCCN=C1NC2c3ccccc3[C@@H]1CC2(C)C(=O)Nc1nc(-c2cccc(C(=O)Nc3ccc(OC)c(Cl)c3)c2)cs1. The van der Waals surface area contributed by atoms with Crippen LogP contribution >= 0.6 is 22.9 Å². The highest BCUT2D eigenvalue weighted by Crippen LogP contribution is 2.53. The van der Waals surface area contributed by atoms with Gasteiger partial charge in [-0.2, -0.15) is 0 Å². The van der Waals surface area contributed by atoms with Gasteiger partial charge in [0.05, 0.1) is 29.3 Å². The van der Waals surface area contributed by atoms with Crippen LogP contribution in [0.15, 0.2) is 77.1 Å². The minimum absolute atomic E-state index is 0.0539.